The first-order chi connectivity index (χ1) is 14.3. The summed E-state index contributed by atoms with van der Waals surface area (Å²) in [5.41, 5.74) is 4.92. The number of nitrogens with zero attached hydrogens (tertiary/aromatic N) is 5. The fourth-order valence-corrected chi connectivity index (χ4v) is 2.20. The van der Waals surface area contributed by atoms with Crippen molar-refractivity contribution in [3.8, 4) is 0 Å². The van der Waals surface area contributed by atoms with Gasteiger partial charge >= 0.3 is 6.18 Å². The molecule has 3 N–H and O–H groups in total. The maximum absolute atomic E-state index is 13.4. The molecule has 0 spiro atoms. The molecule has 152 valence electrons. The van der Waals surface area contributed by atoms with Crippen LogP contribution in [0.3, 0.4) is 0 Å². The normalized spacial score (nSPS) is 12.5. The Hall–Kier alpha value is -4.15. The van der Waals surface area contributed by atoms with Gasteiger partial charge in [0.2, 0.25) is 0 Å². The first kappa shape index (κ1) is 20.6. The standard InChI is InChI=1S/C19H14F3N7O/c20-19(21,22)15(9-14(23)12-3-1-7-24-10-12)26-16-5-6-17(29-28-16)27-18(30)13-4-2-8-25-11-13/h1-11H,23H2,(H,27,29,30). The Labute approximate surface area is 168 Å². The molecule has 30 heavy (non-hydrogen) atoms. The quantitative estimate of drug-likeness (QED) is 0.620. The van der Waals surface area contributed by atoms with E-state index in [1.165, 1.54) is 43.0 Å². The first-order valence-electron chi connectivity index (χ1n) is 8.41. The average molecular weight is 413 g/mol. The number of carbonyl (C=O) groups is 1. The van der Waals surface area contributed by atoms with E-state index in [2.05, 4.69) is 30.5 Å². The highest BCUT2D eigenvalue weighted by molar-refractivity contribution is 6.05. The molecule has 0 aliphatic carbocycles. The molecule has 3 heterocycles. The Kier molecular flexibility index (Phi) is 6.11. The minimum Gasteiger partial charge on any atom is -0.398 e. The van der Waals surface area contributed by atoms with Crippen LogP contribution in [0.5, 0.6) is 0 Å². The predicted molar refractivity (Wildman–Crippen MR) is 104 cm³/mol. The molecule has 3 aromatic rings. The molecule has 0 fully saturated rings. The van der Waals surface area contributed by atoms with E-state index in [1.807, 2.05) is 0 Å². The SMILES string of the molecule is NC(=CC(=Nc1ccc(NC(=O)c2cccnc2)nn1)C(F)(F)F)c1cccnc1. The van der Waals surface area contributed by atoms with Crippen LogP contribution in [0.4, 0.5) is 24.8 Å². The minimum absolute atomic E-state index is 0.0433. The Morgan fingerprint density at radius 2 is 1.67 bits per heavy atom. The first-order valence-corrected chi connectivity index (χ1v) is 8.41. The van der Waals surface area contributed by atoms with Gasteiger partial charge in [0.05, 0.1) is 5.56 Å². The summed E-state index contributed by atoms with van der Waals surface area (Å²) < 4.78 is 40.1. The summed E-state index contributed by atoms with van der Waals surface area (Å²) in [6.07, 6.45) is 1.59. The molecule has 0 atom stereocenters. The van der Waals surface area contributed by atoms with Crippen LogP contribution in [0.25, 0.3) is 5.70 Å². The predicted octanol–water partition coefficient (Wildman–Crippen LogP) is 3.15. The second-order valence-electron chi connectivity index (χ2n) is 5.81. The molecule has 0 bridgehead atoms. The molecule has 0 aliphatic heterocycles. The van der Waals surface area contributed by atoms with Gasteiger partial charge in [-0.25, -0.2) is 4.99 Å². The Morgan fingerprint density at radius 1 is 1.00 bits per heavy atom. The number of carbonyl (C=O) groups excluding carboxylic acids is 1. The zero-order valence-corrected chi connectivity index (χ0v) is 15.2. The van der Waals surface area contributed by atoms with Crippen LogP contribution in [-0.2, 0) is 0 Å². The van der Waals surface area contributed by atoms with E-state index in [0.29, 0.717) is 11.6 Å². The molecule has 0 radical (unpaired) electrons. The highest BCUT2D eigenvalue weighted by Gasteiger charge is 2.34. The fourth-order valence-electron chi connectivity index (χ4n) is 2.20. The van der Waals surface area contributed by atoms with Crippen molar-refractivity contribution in [3.05, 3.63) is 78.4 Å². The van der Waals surface area contributed by atoms with E-state index in [-0.39, 0.29) is 22.9 Å². The van der Waals surface area contributed by atoms with Crippen molar-refractivity contribution in [1.82, 2.24) is 20.2 Å². The molecule has 3 rings (SSSR count). The number of anilines is 1. The minimum atomic E-state index is -4.78. The summed E-state index contributed by atoms with van der Waals surface area (Å²) in [5, 5.41) is 9.75. The number of allylic oxidation sites excluding steroid dienone is 1. The number of halogens is 3. The molecule has 0 saturated carbocycles. The molecule has 3 aromatic heterocycles. The van der Waals surface area contributed by atoms with Crippen LogP contribution >= 0.6 is 0 Å². The maximum Gasteiger partial charge on any atom is 0.433 e. The van der Waals surface area contributed by atoms with Crippen molar-refractivity contribution < 1.29 is 18.0 Å². The molecular formula is C19H14F3N7O. The number of hydrogen-bond donors (Lipinski definition) is 2. The molecule has 8 nitrogen and oxygen atoms in total. The lowest BCUT2D eigenvalue weighted by Gasteiger charge is -2.08. The third-order valence-corrected chi connectivity index (χ3v) is 3.63. The lowest BCUT2D eigenvalue weighted by atomic mass is 10.2. The van der Waals surface area contributed by atoms with Gasteiger partial charge in [0.25, 0.3) is 5.91 Å². The van der Waals surface area contributed by atoms with Crippen molar-refractivity contribution in [2.24, 2.45) is 10.7 Å². The largest absolute Gasteiger partial charge is 0.433 e. The molecule has 1 amide bonds. The Morgan fingerprint density at radius 3 is 2.20 bits per heavy atom. The number of aromatic nitrogens is 4. The second kappa shape index (κ2) is 8.90. The van der Waals surface area contributed by atoms with Crippen molar-refractivity contribution >= 4 is 29.0 Å². The zero-order valence-electron chi connectivity index (χ0n) is 15.2. The van der Waals surface area contributed by atoms with Crippen molar-refractivity contribution in [3.63, 3.8) is 0 Å². The Balaban J connectivity index is 1.81. The summed E-state index contributed by atoms with van der Waals surface area (Å²) in [5.74, 6) is -0.754. The van der Waals surface area contributed by atoms with Crippen LogP contribution in [0.2, 0.25) is 0 Å². The number of amides is 1. The van der Waals surface area contributed by atoms with Gasteiger partial charge in [-0.2, -0.15) is 13.2 Å². The van der Waals surface area contributed by atoms with E-state index in [9.17, 15) is 18.0 Å². The van der Waals surface area contributed by atoms with Gasteiger partial charge in [0, 0.05) is 36.0 Å². The smallest absolute Gasteiger partial charge is 0.398 e. The number of pyridine rings is 2. The van der Waals surface area contributed by atoms with Crippen LogP contribution in [0.1, 0.15) is 15.9 Å². The summed E-state index contributed by atoms with van der Waals surface area (Å²) in [7, 11) is 0. The fraction of sp³-hybridized carbons (Fsp3) is 0.0526. The highest BCUT2D eigenvalue weighted by Crippen LogP contribution is 2.23. The van der Waals surface area contributed by atoms with Gasteiger partial charge in [-0.1, -0.05) is 0 Å². The monoisotopic (exact) mass is 413 g/mol. The van der Waals surface area contributed by atoms with Crippen molar-refractivity contribution in [1.29, 1.82) is 0 Å². The second-order valence-corrected chi connectivity index (χ2v) is 5.81. The lowest BCUT2D eigenvalue weighted by Crippen LogP contribution is -2.22. The third-order valence-electron chi connectivity index (χ3n) is 3.63. The molecule has 0 saturated heterocycles. The van der Waals surface area contributed by atoms with E-state index < -0.39 is 17.8 Å². The molecule has 0 aliphatic rings. The van der Waals surface area contributed by atoms with Crippen LogP contribution in [0, 0.1) is 0 Å². The molecule has 0 aromatic carbocycles. The molecular weight excluding hydrogens is 399 g/mol. The Bertz CT molecular complexity index is 1070. The summed E-state index contributed by atoms with van der Waals surface area (Å²) >= 11 is 0. The van der Waals surface area contributed by atoms with E-state index in [1.54, 1.807) is 18.2 Å². The highest BCUT2D eigenvalue weighted by atomic mass is 19.4. The van der Waals surface area contributed by atoms with E-state index in [4.69, 9.17) is 5.73 Å². The molecule has 11 heteroatoms. The van der Waals surface area contributed by atoms with Crippen LogP contribution in [0.15, 0.2) is 72.3 Å². The van der Waals surface area contributed by atoms with Gasteiger partial charge in [-0.3, -0.25) is 14.8 Å². The maximum atomic E-state index is 13.4. The third kappa shape index (κ3) is 5.44. The van der Waals surface area contributed by atoms with E-state index in [0.717, 1.165) is 0 Å². The zero-order chi connectivity index (χ0) is 21.6. The van der Waals surface area contributed by atoms with Crippen LogP contribution < -0.4 is 11.1 Å². The van der Waals surface area contributed by atoms with Gasteiger partial charge < -0.3 is 11.1 Å². The number of alkyl halides is 3. The van der Waals surface area contributed by atoms with Gasteiger partial charge in [-0.05, 0) is 42.5 Å². The van der Waals surface area contributed by atoms with Gasteiger partial charge in [-0.15, -0.1) is 10.2 Å². The summed E-state index contributed by atoms with van der Waals surface area (Å²) in [6, 6.07) is 8.66. The average Bonchev–Trinajstić information content (AvgIpc) is 2.75. The van der Waals surface area contributed by atoms with Gasteiger partial charge in [0.15, 0.2) is 11.6 Å². The van der Waals surface area contributed by atoms with Crippen LogP contribution in [-0.4, -0.2) is 38.0 Å². The number of rotatable bonds is 5. The number of hydrogen-bond acceptors (Lipinski definition) is 7. The van der Waals surface area contributed by atoms with Crippen molar-refractivity contribution in [2.45, 2.75) is 6.18 Å². The van der Waals surface area contributed by atoms with E-state index >= 15 is 0 Å². The summed E-state index contributed by atoms with van der Waals surface area (Å²) in [4.78, 5) is 23.2. The van der Waals surface area contributed by atoms with Crippen molar-refractivity contribution in [2.75, 3.05) is 5.32 Å². The number of nitrogens with two attached hydrogens (primary N) is 1. The topological polar surface area (TPSA) is 119 Å². The lowest BCUT2D eigenvalue weighted by molar-refractivity contribution is -0.0576. The summed E-state index contributed by atoms with van der Waals surface area (Å²) in [6.45, 7) is 0. The molecule has 0 unspecified atom stereocenters. The van der Waals surface area contributed by atoms with Gasteiger partial charge in [0.1, 0.15) is 5.71 Å². The number of aliphatic imine (C=N–C) groups is 1. The number of nitrogens with one attached hydrogen (secondary N) is 1.